The van der Waals surface area contributed by atoms with Crippen molar-refractivity contribution in [3.05, 3.63) is 10.1 Å². The molecule has 5 heteroatoms. The summed E-state index contributed by atoms with van der Waals surface area (Å²) in [7, 11) is 0. The van der Waals surface area contributed by atoms with Gasteiger partial charge in [-0.25, -0.2) is 0 Å². The average molecular weight is 165 g/mol. The van der Waals surface area contributed by atoms with E-state index in [1.54, 1.807) is 0 Å². The van der Waals surface area contributed by atoms with Gasteiger partial charge in [0.15, 0.2) is 0 Å². The van der Waals surface area contributed by atoms with Crippen LogP contribution in [0.15, 0.2) is 0 Å². The van der Waals surface area contributed by atoms with Crippen molar-refractivity contribution >= 4 is 12.4 Å². The van der Waals surface area contributed by atoms with E-state index in [4.69, 9.17) is 0 Å². The van der Waals surface area contributed by atoms with E-state index < -0.39 is 0 Å². The van der Waals surface area contributed by atoms with E-state index in [-0.39, 0.29) is 23.4 Å². The molecule has 0 aromatic carbocycles. The number of rotatable bonds is 1. The molecule has 0 radical (unpaired) electrons. The van der Waals surface area contributed by atoms with Gasteiger partial charge in [0.05, 0.1) is 0 Å². The Hall–Kier alpha value is -0.350. The molecule has 1 aliphatic carbocycles. The molecule has 2 aliphatic rings. The lowest BCUT2D eigenvalue weighted by atomic mass is 10.4. The highest BCUT2D eigenvalue weighted by Gasteiger charge is 2.62. The topological polar surface area (TPSA) is 55.2 Å². The Morgan fingerprint density at radius 3 is 2.20 bits per heavy atom. The Morgan fingerprint density at radius 1 is 1.40 bits per heavy atom. The summed E-state index contributed by atoms with van der Waals surface area (Å²) in [6.45, 7) is 1.71. The summed E-state index contributed by atoms with van der Waals surface area (Å²) in [5, 5.41) is 13.3. The van der Waals surface area contributed by atoms with E-state index in [0.717, 1.165) is 13.1 Å². The highest BCUT2D eigenvalue weighted by atomic mass is 35.5. The fourth-order valence-electron chi connectivity index (χ4n) is 1.70. The first kappa shape index (κ1) is 7.75. The molecule has 2 atom stereocenters. The zero-order valence-corrected chi connectivity index (χ0v) is 6.13. The Balaban J connectivity index is 0.000000500. The Kier molecular flexibility index (Phi) is 1.83. The van der Waals surface area contributed by atoms with Crippen molar-refractivity contribution in [3.8, 4) is 0 Å². The van der Waals surface area contributed by atoms with Crippen molar-refractivity contribution in [2.45, 2.75) is 6.04 Å². The maximum absolute atomic E-state index is 10.2. The number of hydrogen-bond donors (Lipinski definition) is 1. The zero-order valence-electron chi connectivity index (χ0n) is 5.32. The van der Waals surface area contributed by atoms with Crippen LogP contribution in [0.3, 0.4) is 0 Å². The number of nitrogens with zero attached hydrogens (tertiary/aromatic N) is 1. The molecule has 0 amide bonds. The molecule has 1 N–H and O–H groups in total. The van der Waals surface area contributed by atoms with Crippen molar-refractivity contribution in [2.24, 2.45) is 11.8 Å². The van der Waals surface area contributed by atoms with Gasteiger partial charge in [0.2, 0.25) is 6.04 Å². The molecule has 1 saturated carbocycles. The maximum atomic E-state index is 10.2. The van der Waals surface area contributed by atoms with Crippen molar-refractivity contribution in [1.29, 1.82) is 0 Å². The molecule has 1 aliphatic heterocycles. The highest BCUT2D eigenvalue weighted by molar-refractivity contribution is 5.85. The SMILES string of the molecule is Cl.O=[N+]([O-])C1C2CNCC21. The van der Waals surface area contributed by atoms with Crippen LogP contribution in [-0.4, -0.2) is 24.1 Å². The van der Waals surface area contributed by atoms with Crippen LogP contribution in [0, 0.1) is 22.0 Å². The fraction of sp³-hybridized carbons (Fsp3) is 1.00. The molecule has 1 saturated heterocycles. The van der Waals surface area contributed by atoms with Gasteiger partial charge in [-0.1, -0.05) is 0 Å². The number of fused-ring (bicyclic) bond motifs is 1. The lowest BCUT2D eigenvalue weighted by Gasteiger charge is -1.94. The number of halogens is 1. The Morgan fingerprint density at radius 2 is 1.90 bits per heavy atom. The number of nitro groups is 1. The van der Waals surface area contributed by atoms with Crippen molar-refractivity contribution in [1.82, 2.24) is 5.32 Å². The molecule has 0 spiro atoms. The third-order valence-corrected chi connectivity index (χ3v) is 2.29. The van der Waals surface area contributed by atoms with Crippen LogP contribution in [-0.2, 0) is 0 Å². The number of piperidine rings is 1. The van der Waals surface area contributed by atoms with Gasteiger partial charge in [-0.2, -0.15) is 0 Å². The maximum Gasteiger partial charge on any atom is 0.222 e. The second-order valence-corrected chi connectivity index (χ2v) is 2.76. The van der Waals surface area contributed by atoms with Crippen LogP contribution in [0.2, 0.25) is 0 Å². The molecule has 0 aromatic rings. The van der Waals surface area contributed by atoms with E-state index in [1.165, 1.54) is 0 Å². The van der Waals surface area contributed by atoms with E-state index in [1.807, 2.05) is 0 Å². The second-order valence-electron chi connectivity index (χ2n) is 2.76. The first-order valence-corrected chi connectivity index (χ1v) is 3.15. The molecule has 2 rings (SSSR count). The summed E-state index contributed by atoms with van der Waals surface area (Å²) in [4.78, 5) is 10.0. The molecule has 0 aromatic heterocycles. The van der Waals surface area contributed by atoms with Crippen LogP contribution in [0.4, 0.5) is 0 Å². The minimum atomic E-state index is -0.203. The molecule has 1 heterocycles. The minimum Gasteiger partial charge on any atom is -0.316 e. The average Bonchev–Trinajstić information content (AvgIpc) is 2.30. The van der Waals surface area contributed by atoms with Gasteiger partial charge in [-0.05, 0) is 0 Å². The summed E-state index contributed by atoms with van der Waals surface area (Å²) in [5.41, 5.74) is 0. The zero-order chi connectivity index (χ0) is 6.43. The van der Waals surface area contributed by atoms with Gasteiger partial charge in [0, 0.05) is 29.8 Å². The highest BCUT2D eigenvalue weighted by Crippen LogP contribution is 2.43. The van der Waals surface area contributed by atoms with E-state index in [9.17, 15) is 10.1 Å². The molecule has 4 nitrogen and oxygen atoms in total. The van der Waals surface area contributed by atoms with E-state index in [2.05, 4.69) is 5.32 Å². The summed E-state index contributed by atoms with van der Waals surface area (Å²) < 4.78 is 0. The smallest absolute Gasteiger partial charge is 0.222 e. The standard InChI is InChI=1S/C5H8N2O2.ClH/c8-7(9)5-3-1-6-2-4(3)5;/h3-6H,1-2H2;1H. The van der Waals surface area contributed by atoms with Gasteiger partial charge in [0.1, 0.15) is 0 Å². The lowest BCUT2D eigenvalue weighted by Crippen LogP contribution is -2.21. The lowest BCUT2D eigenvalue weighted by molar-refractivity contribution is -0.502. The number of hydrogen-bond acceptors (Lipinski definition) is 3. The van der Waals surface area contributed by atoms with Crippen LogP contribution in [0.1, 0.15) is 0 Å². The summed E-state index contributed by atoms with van der Waals surface area (Å²) >= 11 is 0. The molecule has 58 valence electrons. The molecule has 10 heavy (non-hydrogen) atoms. The van der Waals surface area contributed by atoms with Gasteiger partial charge >= 0.3 is 0 Å². The quantitative estimate of drug-likeness (QED) is 0.435. The monoisotopic (exact) mass is 164 g/mol. The van der Waals surface area contributed by atoms with Gasteiger partial charge in [0.25, 0.3) is 0 Å². The third-order valence-electron chi connectivity index (χ3n) is 2.29. The Labute approximate surface area is 64.5 Å². The largest absolute Gasteiger partial charge is 0.316 e. The van der Waals surface area contributed by atoms with Crippen LogP contribution in [0.25, 0.3) is 0 Å². The normalized spacial score (nSPS) is 41.8. The predicted molar refractivity (Wildman–Crippen MR) is 37.9 cm³/mol. The summed E-state index contributed by atoms with van der Waals surface area (Å²) in [6.07, 6.45) is 0. The molecule has 0 bridgehead atoms. The van der Waals surface area contributed by atoms with Crippen molar-refractivity contribution in [3.63, 3.8) is 0 Å². The fourth-order valence-corrected chi connectivity index (χ4v) is 1.70. The van der Waals surface area contributed by atoms with Crippen molar-refractivity contribution in [2.75, 3.05) is 13.1 Å². The summed E-state index contributed by atoms with van der Waals surface area (Å²) in [5.74, 6) is 0.722. The molecule has 2 unspecified atom stereocenters. The Bertz CT molecular complexity index is 154. The van der Waals surface area contributed by atoms with Crippen LogP contribution >= 0.6 is 12.4 Å². The molecule has 2 fully saturated rings. The van der Waals surface area contributed by atoms with Crippen LogP contribution in [0.5, 0.6) is 0 Å². The summed E-state index contributed by atoms with van der Waals surface area (Å²) in [6, 6.07) is -0.203. The molecular weight excluding hydrogens is 156 g/mol. The van der Waals surface area contributed by atoms with Gasteiger partial charge in [-0.15, -0.1) is 12.4 Å². The van der Waals surface area contributed by atoms with Gasteiger partial charge < -0.3 is 5.32 Å². The predicted octanol–water partition coefficient (Wildman–Crippen LogP) is -0.0973. The van der Waals surface area contributed by atoms with E-state index in [0.29, 0.717) is 11.8 Å². The first-order valence-electron chi connectivity index (χ1n) is 3.15. The molecular formula is C5H9ClN2O2. The minimum absolute atomic E-state index is 0. The second kappa shape index (κ2) is 2.36. The van der Waals surface area contributed by atoms with Crippen molar-refractivity contribution < 1.29 is 4.92 Å². The first-order chi connectivity index (χ1) is 4.30. The third kappa shape index (κ3) is 0.876. The number of nitrogens with one attached hydrogen (secondary N) is 1. The van der Waals surface area contributed by atoms with E-state index >= 15 is 0 Å². The van der Waals surface area contributed by atoms with Crippen LogP contribution < -0.4 is 5.32 Å². The van der Waals surface area contributed by atoms with Gasteiger partial charge in [-0.3, -0.25) is 10.1 Å².